The molecule has 132 valence electrons. The van der Waals surface area contributed by atoms with Gasteiger partial charge in [-0.1, -0.05) is 6.92 Å². The first-order valence-electron chi connectivity index (χ1n) is 8.02. The van der Waals surface area contributed by atoms with E-state index in [-0.39, 0.29) is 35.7 Å². The van der Waals surface area contributed by atoms with Crippen LogP contribution in [0.1, 0.15) is 30.6 Å². The van der Waals surface area contributed by atoms with Crippen LogP contribution in [0, 0.1) is 5.41 Å². The van der Waals surface area contributed by atoms with Crippen molar-refractivity contribution in [2.45, 2.75) is 26.3 Å². The van der Waals surface area contributed by atoms with Gasteiger partial charge in [-0.25, -0.2) is 0 Å². The van der Waals surface area contributed by atoms with Crippen LogP contribution >= 0.6 is 12.4 Å². The molecule has 0 saturated carbocycles. The Bertz CT molecular complexity index is 666. The monoisotopic (exact) mass is 352 g/mol. The first kappa shape index (κ1) is 18.5. The SMILES string of the molecule is CC1C(=O)Nc2cc(C(=O)N3CCC(C)(CN)C3)ccc2N1C.Cl. The molecule has 2 atom stereocenters. The fourth-order valence-electron chi connectivity index (χ4n) is 3.24. The molecule has 0 radical (unpaired) electrons. The van der Waals surface area contributed by atoms with Gasteiger partial charge in [-0.05, 0) is 43.5 Å². The van der Waals surface area contributed by atoms with E-state index >= 15 is 0 Å². The average molecular weight is 353 g/mol. The molecule has 3 rings (SSSR count). The molecule has 0 aromatic heterocycles. The third kappa shape index (κ3) is 3.08. The molecule has 2 aliphatic heterocycles. The average Bonchev–Trinajstić information content (AvgIpc) is 2.94. The minimum Gasteiger partial charge on any atom is -0.361 e. The number of likely N-dealkylation sites (N-methyl/N-ethyl adjacent to an activating group) is 1. The lowest BCUT2D eigenvalue weighted by Crippen LogP contribution is -2.44. The van der Waals surface area contributed by atoms with Crippen molar-refractivity contribution in [2.75, 3.05) is 36.9 Å². The molecule has 1 aromatic rings. The Balaban J connectivity index is 0.00000208. The highest BCUT2D eigenvalue weighted by Gasteiger charge is 2.35. The van der Waals surface area contributed by atoms with Crippen molar-refractivity contribution < 1.29 is 9.59 Å². The number of hydrogen-bond acceptors (Lipinski definition) is 4. The Morgan fingerprint density at radius 2 is 2.17 bits per heavy atom. The lowest BCUT2D eigenvalue weighted by atomic mass is 9.90. The number of nitrogens with zero attached hydrogens (tertiary/aromatic N) is 2. The van der Waals surface area contributed by atoms with Crippen molar-refractivity contribution in [3.05, 3.63) is 23.8 Å². The first-order valence-corrected chi connectivity index (χ1v) is 8.02. The number of likely N-dealkylation sites (tertiary alicyclic amines) is 1. The fraction of sp³-hybridized carbons (Fsp3) is 0.529. The predicted molar refractivity (Wildman–Crippen MR) is 97.9 cm³/mol. The number of hydrogen-bond donors (Lipinski definition) is 2. The van der Waals surface area contributed by atoms with Crippen molar-refractivity contribution in [1.29, 1.82) is 0 Å². The number of amides is 2. The molecule has 7 heteroatoms. The van der Waals surface area contributed by atoms with E-state index in [0.717, 1.165) is 18.7 Å². The van der Waals surface area contributed by atoms with Crippen LogP contribution in [-0.2, 0) is 4.79 Å². The topological polar surface area (TPSA) is 78.7 Å². The maximum atomic E-state index is 12.7. The molecular formula is C17H25ClN4O2. The second-order valence-corrected chi connectivity index (χ2v) is 7.00. The number of anilines is 2. The lowest BCUT2D eigenvalue weighted by Gasteiger charge is -2.33. The minimum atomic E-state index is -0.215. The summed E-state index contributed by atoms with van der Waals surface area (Å²) < 4.78 is 0. The highest BCUT2D eigenvalue weighted by molar-refractivity contribution is 6.05. The van der Waals surface area contributed by atoms with Gasteiger partial charge in [0.05, 0.1) is 11.4 Å². The molecule has 6 nitrogen and oxygen atoms in total. The number of carbonyl (C=O) groups excluding carboxylic acids is 2. The van der Waals surface area contributed by atoms with Crippen LogP contribution in [0.15, 0.2) is 18.2 Å². The smallest absolute Gasteiger partial charge is 0.253 e. The summed E-state index contributed by atoms with van der Waals surface area (Å²) in [7, 11) is 1.89. The van der Waals surface area contributed by atoms with Crippen LogP contribution < -0.4 is 16.0 Å². The van der Waals surface area contributed by atoms with Crippen LogP contribution in [0.4, 0.5) is 11.4 Å². The standard InChI is InChI=1S/C17H24N4O2.ClH/c1-11-15(22)19-13-8-12(4-5-14(13)20(11)3)16(23)21-7-6-17(2,9-18)10-21;/h4-5,8,11H,6-7,9-10,18H2,1-3H3,(H,19,22);1H. The van der Waals surface area contributed by atoms with Crippen LogP contribution in [-0.4, -0.2) is 49.4 Å². The summed E-state index contributed by atoms with van der Waals surface area (Å²) >= 11 is 0. The number of nitrogens with two attached hydrogens (primary N) is 1. The second kappa shape index (κ2) is 6.61. The molecule has 0 bridgehead atoms. The minimum absolute atomic E-state index is 0. The van der Waals surface area contributed by atoms with E-state index in [1.807, 2.05) is 35.9 Å². The van der Waals surface area contributed by atoms with Gasteiger partial charge in [-0.3, -0.25) is 9.59 Å². The van der Waals surface area contributed by atoms with Crippen molar-refractivity contribution in [2.24, 2.45) is 11.1 Å². The maximum Gasteiger partial charge on any atom is 0.253 e. The summed E-state index contributed by atoms with van der Waals surface area (Å²) in [5.74, 6) is -0.0537. The lowest BCUT2D eigenvalue weighted by molar-refractivity contribution is -0.117. The zero-order valence-electron chi connectivity index (χ0n) is 14.3. The van der Waals surface area contributed by atoms with Crippen LogP contribution in [0.5, 0.6) is 0 Å². The maximum absolute atomic E-state index is 12.7. The number of halogens is 1. The molecule has 1 aromatic carbocycles. The number of carbonyl (C=O) groups is 2. The third-order valence-corrected chi connectivity index (χ3v) is 5.18. The van der Waals surface area contributed by atoms with Gasteiger partial charge in [-0.2, -0.15) is 0 Å². The van der Waals surface area contributed by atoms with Gasteiger partial charge in [0.1, 0.15) is 6.04 Å². The summed E-state index contributed by atoms with van der Waals surface area (Å²) in [6.45, 7) is 5.97. The van der Waals surface area contributed by atoms with E-state index in [2.05, 4.69) is 12.2 Å². The molecule has 2 aliphatic rings. The van der Waals surface area contributed by atoms with E-state index in [9.17, 15) is 9.59 Å². The Morgan fingerprint density at radius 3 is 2.79 bits per heavy atom. The largest absolute Gasteiger partial charge is 0.361 e. The van der Waals surface area contributed by atoms with Crippen molar-refractivity contribution in [3.63, 3.8) is 0 Å². The summed E-state index contributed by atoms with van der Waals surface area (Å²) in [4.78, 5) is 28.5. The summed E-state index contributed by atoms with van der Waals surface area (Å²) in [5.41, 5.74) is 8.05. The summed E-state index contributed by atoms with van der Waals surface area (Å²) in [5, 5.41) is 2.88. The zero-order chi connectivity index (χ0) is 16.8. The van der Waals surface area contributed by atoms with Crippen molar-refractivity contribution in [1.82, 2.24) is 4.90 Å². The van der Waals surface area contributed by atoms with Gasteiger partial charge in [0, 0.05) is 25.7 Å². The quantitative estimate of drug-likeness (QED) is 0.849. The molecule has 0 spiro atoms. The van der Waals surface area contributed by atoms with Gasteiger partial charge in [-0.15, -0.1) is 12.4 Å². The molecule has 1 fully saturated rings. The molecule has 1 saturated heterocycles. The fourth-order valence-corrected chi connectivity index (χ4v) is 3.24. The number of benzene rings is 1. The van der Waals surface area contributed by atoms with E-state index in [1.54, 1.807) is 6.07 Å². The first-order chi connectivity index (χ1) is 10.8. The molecular weight excluding hydrogens is 328 g/mol. The van der Waals surface area contributed by atoms with Crippen molar-refractivity contribution in [3.8, 4) is 0 Å². The van der Waals surface area contributed by atoms with E-state index in [1.165, 1.54) is 0 Å². The Morgan fingerprint density at radius 1 is 1.46 bits per heavy atom. The van der Waals surface area contributed by atoms with Crippen LogP contribution in [0.3, 0.4) is 0 Å². The van der Waals surface area contributed by atoms with Crippen molar-refractivity contribution >= 4 is 35.6 Å². The molecule has 0 aliphatic carbocycles. The third-order valence-electron chi connectivity index (χ3n) is 5.18. The predicted octanol–water partition coefficient (Wildman–Crippen LogP) is 1.70. The normalized spacial score (nSPS) is 25.8. The molecule has 2 heterocycles. The van der Waals surface area contributed by atoms with E-state index in [0.29, 0.717) is 24.3 Å². The van der Waals surface area contributed by atoms with Gasteiger partial charge in [0.2, 0.25) is 5.91 Å². The molecule has 3 N–H and O–H groups in total. The molecule has 2 unspecified atom stereocenters. The van der Waals surface area contributed by atoms with Gasteiger partial charge in [0.25, 0.3) is 5.91 Å². The van der Waals surface area contributed by atoms with Gasteiger partial charge < -0.3 is 20.9 Å². The summed E-state index contributed by atoms with van der Waals surface area (Å²) in [6.07, 6.45) is 0.928. The van der Waals surface area contributed by atoms with E-state index < -0.39 is 0 Å². The van der Waals surface area contributed by atoms with Crippen LogP contribution in [0.2, 0.25) is 0 Å². The summed E-state index contributed by atoms with van der Waals surface area (Å²) in [6, 6.07) is 5.29. The molecule has 24 heavy (non-hydrogen) atoms. The number of rotatable bonds is 2. The van der Waals surface area contributed by atoms with Crippen LogP contribution in [0.25, 0.3) is 0 Å². The Hall–Kier alpha value is -1.79. The number of fused-ring (bicyclic) bond motifs is 1. The van der Waals surface area contributed by atoms with Gasteiger partial charge >= 0.3 is 0 Å². The van der Waals surface area contributed by atoms with E-state index in [4.69, 9.17) is 5.73 Å². The zero-order valence-corrected chi connectivity index (χ0v) is 15.2. The Labute approximate surface area is 148 Å². The van der Waals surface area contributed by atoms with Gasteiger partial charge in [0.15, 0.2) is 0 Å². The number of nitrogens with one attached hydrogen (secondary N) is 1. The second-order valence-electron chi connectivity index (χ2n) is 7.00. The Kier molecular flexibility index (Phi) is 5.11. The highest BCUT2D eigenvalue weighted by Crippen LogP contribution is 2.33. The highest BCUT2D eigenvalue weighted by atomic mass is 35.5. The molecule has 2 amide bonds.